The highest BCUT2D eigenvalue weighted by Crippen LogP contribution is 2.36. The number of carbonyl (C=O) groups is 3. The molecule has 31 heavy (non-hydrogen) atoms. The van der Waals surface area contributed by atoms with E-state index in [0.29, 0.717) is 12.8 Å². The summed E-state index contributed by atoms with van der Waals surface area (Å²) in [6.45, 7) is 0.167. The Kier molecular flexibility index (Phi) is 6.49. The monoisotopic (exact) mass is 428 g/mol. The molecule has 1 aliphatic heterocycles. The minimum Gasteiger partial charge on any atom is -0.493 e. The number of piperidine rings is 1. The highest BCUT2D eigenvalue weighted by atomic mass is 16.6. The smallest absolute Gasteiger partial charge is 0.343 e. The van der Waals surface area contributed by atoms with Crippen molar-refractivity contribution in [2.45, 2.75) is 25.3 Å². The van der Waals surface area contributed by atoms with Crippen molar-refractivity contribution in [3.05, 3.63) is 63.7 Å². The van der Waals surface area contributed by atoms with Crippen molar-refractivity contribution in [2.75, 3.05) is 13.7 Å². The fourth-order valence-electron chi connectivity index (χ4n) is 3.43. The lowest BCUT2D eigenvalue weighted by atomic mass is 10.00. The second-order valence-electron chi connectivity index (χ2n) is 6.88. The van der Waals surface area contributed by atoms with Gasteiger partial charge in [-0.15, -0.1) is 0 Å². The third-order valence-corrected chi connectivity index (χ3v) is 4.97. The molecule has 3 rings (SSSR count). The molecule has 0 bridgehead atoms. The van der Waals surface area contributed by atoms with E-state index in [4.69, 9.17) is 9.47 Å². The summed E-state index contributed by atoms with van der Waals surface area (Å²) in [4.78, 5) is 49.0. The van der Waals surface area contributed by atoms with Gasteiger partial charge in [0.2, 0.25) is 0 Å². The number of carboxylic acids is 1. The molecule has 1 N–H and O–H groups in total. The Morgan fingerprint density at radius 2 is 1.84 bits per heavy atom. The zero-order chi connectivity index (χ0) is 22.5. The van der Waals surface area contributed by atoms with Crippen molar-refractivity contribution >= 4 is 23.5 Å². The third kappa shape index (κ3) is 4.63. The number of carbonyl (C=O) groups excluding carboxylic acids is 2. The molecule has 1 amide bonds. The van der Waals surface area contributed by atoms with Gasteiger partial charge in [-0.2, -0.15) is 0 Å². The van der Waals surface area contributed by atoms with Crippen LogP contribution in [0.2, 0.25) is 0 Å². The Labute approximate surface area is 177 Å². The van der Waals surface area contributed by atoms with E-state index in [-0.39, 0.29) is 35.6 Å². The van der Waals surface area contributed by atoms with Crippen molar-refractivity contribution in [3.8, 4) is 11.5 Å². The van der Waals surface area contributed by atoms with Crippen LogP contribution in [0.4, 0.5) is 5.69 Å². The lowest BCUT2D eigenvalue weighted by Gasteiger charge is -2.32. The number of aliphatic carboxylic acids is 1. The summed E-state index contributed by atoms with van der Waals surface area (Å²) in [6.07, 6.45) is 1.49. The molecule has 10 nitrogen and oxygen atoms in total. The van der Waals surface area contributed by atoms with E-state index in [0.717, 1.165) is 17.0 Å². The first kappa shape index (κ1) is 21.8. The molecule has 0 spiro atoms. The van der Waals surface area contributed by atoms with E-state index in [9.17, 15) is 29.6 Å². The van der Waals surface area contributed by atoms with Crippen molar-refractivity contribution in [1.82, 2.24) is 4.90 Å². The van der Waals surface area contributed by atoms with E-state index in [1.165, 1.54) is 19.2 Å². The number of methoxy groups -OCH3 is 1. The van der Waals surface area contributed by atoms with E-state index >= 15 is 0 Å². The van der Waals surface area contributed by atoms with Crippen molar-refractivity contribution < 1.29 is 33.9 Å². The minimum absolute atomic E-state index is 0.0675. The highest BCUT2D eigenvalue weighted by Gasteiger charge is 2.36. The number of benzene rings is 2. The number of hydrogen-bond donors (Lipinski definition) is 1. The standard InChI is InChI=1S/C21H20N2O8/c1-30-17-11-14(19(24)22-10-6-5-9-15(22)20(25)26)16(23(28)29)12-18(17)31-21(27)13-7-3-2-4-8-13/h2-4,7-8,11-12,15H,5-6,9-10H2,1H3,(H,25,26). The van der Waals surface area contributed by atoms with Gasteiger partial charge in [0.05, 0.1) is 23.7 Å². The maximum atomic E-state index is 13.1. The van der Waals surface area contributed by atoms with Crippen molar-refractivity contribution in [2.24, 2.45) is 0 Å². The zero-order valence-electron chi connectivity index (χ0n) is 16.6. The molecule has 0 saturated carbocycles. The quantitative estimate of drug-likeness (QED) is 0.321. The Morgan fingerprint density at radius 3 is 2.45 bits per heavy atom. The van der Waals surface area contributed by atoms with Crippen molar-refractivity contribution in [3.63, 3.8) is 0 Å². The molecule has 0 aliphatic carbocycles. The molecule has 1 atom stereocenters. The lowest BCUT2D eigenvalue weighted by Crippen LogP contribution is -2.48. The fourth-order valence-corrected chi connectivity index (χ4v) is 3.43. The molecule has 162 valence electrons. The summed E-state index contributed by atoms with van der Waals surface area (Å²) in [5.41, 5.74) is -0.726. The molecule has 2 aromatic rings. The average Bonchev–Trinajstić information content (AvgIpc) is 2.78. The number of amides is 1. The van der Waals surface area contributed by atoms with Gasteiger partial charge in [0.1, 0.15) is 11.6 Å². The number of carboxylic acid groups (broad SMARTS) is 1. The molecular weight excluding hydrogens is 408 g/mol. The van der Waals surface area contributed by atoms with Crippen LogP contribution in [0.1, 0.15) is 40.0 Å². The third-order valence-electron chi connectivity index (χ3n) is 4.97. The molecule has 1 unspecified atom stereocenters. The molecule has 1 fully saturated rings. The van der Waals surface area contributed by atoms with Crippen LogP contribution >= 0.6 is 0 Å². The second kappa shape index (κ2) is 9.24. The van der Waals surface area contributed by atoms with Gasteiger partial charge in [-0.05, 0) is 31.4 Å². The number of rotatable bonds is 6. The van der Waals surface area contributed by atoms with Crippen LogP contribution in [0.15, 0.2) is 42.5 Å². The predicted molar refractivity (Wildman–Crippen MR) is 107 cm³/mol. The first-order valence-corrected chi connectivity index (χ1v) is 9.51. The van der Waals surface area contributed by atoms with Crippen LogP contribution in [0, 0.1) is 10.1 Å². The molecule has 10 heteroatoms. The number of ether oxygens (including phenoxy) is 2. The van der Waals surface area contributed by atoms with Gasteiger partial charge >= 0.3 is 11.9 Å². The van der Waals surface area contributed by atoms with Gasteiger partial charge in [-0.25, -0.2) is 9.59 Å². The molecular formula is C21H20N2O8. The minimum atomic E-state index is -1.17. The number of hydrogen-bond acceptors (Lipinski definition) is 7. The first-order valence-electron chi connectivity index (χ1n) is 9.51. The van der Waals surface area contributed by atoms with E-state index in [1.54, 1.807) is 18.2 Å². The maximum Gasteiger partial charge on any atom is 0.343 e. The topological polar surface area (TPSA) is 136 Å². The van der Waals surface area contributed by atoms with Crippen LogP contribution in [-0.4, -0.2) is 52.5 Å². The number of nitro benzene ring substituents is 1. The summed E-state index contributed by atoms with van der Waals surface area (Å²) in [7, 11) is 1.26. The van der Waals surface area contributed by atoms with Crippen LogP contribution in [0.3, 0.4) is 0 Å². The average molecular weight is 428 g/mol. The second-order valence-corrected chi connectivity index (χ2v) is 6.88. The first-order chi connectivity index (χ1) is 14.8. The molecule has 1 aliphatic rings. The molecule has 1 saturated heterocycles. The molecule has 0 radical (unpaired) electrons. The van der Waals surface area contributed by atoms with Gasteiger partial charge in [-0.3, -0.25) is 14.9 Å². The van der Waals surface area contributed by atoms with Crippen LogP contribution in [0.5, 0.6) is 11.5 Å². The van der Waals surface area contributed by atoms with Gasteiger partial charge in [0.25, 0.3) is 11.6 Å². The summed E-state index contributed by atoms with van der Waals surface area (Å²) >= 11 is 0. The Morgan fingerprint density at radius 1 is 1.13 bits per heavy atom. The summed E-state index contributed by atoms with van der Waals surface area (Å²) in [6, 6.07) is 8.99. The summed E-state index contributed by atoms with van der Waals surface area (Å²) in [5, 5.41) is 21.1. The normalized spacial score (nSPS) is 15.8. The lowest BCUT2D eigenvalue weighted by molar-refractivity contribution is -0.385. The molecule has 1 heterocycles. The number of esters is 1. The summed E-state index contributed by atoms with van der Waals surface area (Å²) in [5.74, 6) is -3.02. The maximum absolute atomic E-state index is 13.1. The Bertz CT molecular complexity index is 1020. The number of nitrogens with zero attached hydrogens (tertiary/aromatic N) is 2. The van der Waals surface area contributed by atoms with Gasteiger partial charge < -0.3 is 19.5 Å². The van der Waals surface area contributed by atoms with E-state index < -0.39 is 34.5 Å². The number of likely N-dealkylation sites (tertiary alicyclic amines) is 1. The van der Waals surface area contributed by atoms with Crippen LogP contribution < -0.4 is 9.47 Å². The van der Waals surface area contributed by atoms with Crippen LogP contribution in [0.25, 0.3) is 0 Å². The van der Waals surface area contributed by atoms with Gasteiger partial charge in [-0.1, -0.05) is 18.2 Å². The fraction of sp³-hybridized carbons (Fsp3) is 0.286. The number of nitro groups is 1. The SMILES string of the molecule is COc1cc(C(=O)N2CCCCC2C(=O)O)c([N+](=O)[O-])cc1OC(=O)c1ccccc1. The molecule has 2 aromatic carbocycles. The Hall–Kier alpha value is -3.95. The van der Waals surface area contributed by atoms with Crippen LogP contribution in [-0.2, 0) is 4.79 Å². The highest BCUT2D eigenvalue weighted by molar-refractivity contribution is 6.01. The zero-order valence-corrected chi connectivity index (χ0v) is 16.6. The molecule has 0 aromatic heterocycles. The van der Waals surface area contributed by atoms with E-state index in [2.05, 4.69) is 0 Å². The van der Waals surface area contributed by atoms with Gasteiger partial charge in [0, 0.05) is 12.6 Å². The summed E-state index contributed by atoms with van der Waals surface area (Å²) < 4.78 is 10.4. The predicted octanol–water partition coefficient (Wildman–Crippen LogP) is 2.90. The van der Waals surface area contributed by atoms with Crippen molar-refractivity contribution in [1.29, 1.82) is 0 Å². The van der Waals surface area contributed by atoms with Gasteiger partial charge in [0.15, 0.2) is 11.5 Å². The largest absolute Gasteiger partial charge is 0.493 e. The van der Waals surface area contributed by atoms with E-state index in [1.807, 2.05) is 0 Å². The Balaban J connectivity index is 2.00.